The van der Waals surface area contributed by atoms with Crippen LogP contribution in [0.25, 0.3) is 0 Å². The van der Waals surface area contributed by atoms with Crippen LogP contribution in [-0.2, 0) is 9.59 Å². The molecule has 1 atom stereocenters. The molecule has 2 amide bonds. The van der Waals surface area contributed by atoms with Crippen LogP contribution < -0.4 is 4.74 Å². The van der Waals surface area contributed by atoms with Crippen LogP contribution >= 0.6 is 0 Å². The number of carbonyl (C=O) groups is 2. The van der Waals surface area contributed by atoms with Crippen LogP contribution in [0.1, 0.15) is 63.9 Å². The van der Waals surface area contributed by atoms with Crippen molar-refractivity contribution in [2.75, 3.05) is 27.2 Å². The van der Waals surface area contributed by atoms with E-state index in [1.807, 2.05) is 37.2 Å². The van der Waals surface area contributed by atoms with Gasteiger partial charge in [-0.15, -0.1) is 0 Å². The van der Waals surface area contributed by atoms with Gasteiger partial charge in [0.2, 0.25) is 11.8 Å². The number of amides is 2. The summed E-state index contributed by atoms with van der Waals surface area (Å²) < 4.78 is 6.51. The Balaban J connectivity index is 1.75. The van der Waals surface area contributed by atoms with Crippen molar-refractivity contribution in [2.45, 2.75) is 63.9 Å². The molecule has 1 spiro atoms. The first-order chi connectivity index (χ1) is 13.4. The van der Waals surface area contributed by atoms with E-state index >= 15 is 0 Å². The molecule has 3 rings (SSSR count). The Kier molecular flexibility index (Phi) is 6.31. The summed E-state index contributed by atoms with van der Waals surface area (Å²) in [5.41, 5.74) is 0.870. The number of likely N-dealkylation sites (tertiary alicyclic amines) is 1. The van der Waals surface area contributed by atoms with E-state index in [2.05, 4.69) is 19.9 Å². The molecule has 0 saturated carbocycles. The van der Waals surface area contributed by atoms with E-state index in [0.717, 1.165) is 56.5 Å². The van der Waals surface area contributed by atoms with E-state index in [9.17, 15) is 9.59 Å². The Bertz CT molecular complexity index is 704. The van der Waals surface area contributed by atoms with Gasteiger partial charge in [-0.25, -0.2) is 0 Å². The summed E-state index contributed by atoms with van der Waals surface area (Å²) in [5, 5.41) is 0. The first kappa shape index (κ1) is 20.7. The van der Waals surface area contributed by atoms with E-state index in [-0.39, 0.29) is 29.3 Å². The Morgan fingerprint density at radius 1 is 1.18 bits per heavy atom. The predicted molar refractivity (Wildman–Crippen MR) is 110 cm³/mol. The molecule has 2 aliphatic heterocycles. The van der Waals surface area contributed by atoms with Crippen LogP contribution in [0.15, 0.2) is 24.3 Å². The molecule has 1 unspecified atom stereocenters. The van der Waals surface area contributed by atoms with Crippen LogP contribution in [0, 0.1) is 5.92 Å². The number of para-hydroxylation sites is 1. The summed E-state index contributed by atoms with van der Waals surface area (Å²) in [5.74, 6) is 1.65. The second kappa shape index (κ2) is 8.54. The zero-order chi connectivity index (χ0) is 20.3. The molecule has 0 radical (unpaired) electrons. The van der Waals surface area contributed by atoms with Crippen molar-refractivity contribution in [3.05, 3.63) is 29.8 Å². The lowest BCUT2D eigenvalue weighted by atomic mass is 9.76. The zero-order valence-electron chi connectivity index (χ0n) is 17.7. The topological polar surface area (TPSA) is 49.9 Å². The summed E-state index contributed by atoms with van der Waals surface area (Å²) >= 11 is 0. The van der Waals surface area contributed by atoms with Gasteiger partial charge in [0.15, 0.2) is 0 Å². The highest BCUT2D eigenvalue weighted by Gasteiger charge is 2.44. The minimum atomic E-state index is -0.268. The Labute approximate surface area is 169 Å². The molecule has 0 aliphatic carbocycles. The number of fused-ring (bicyclic) bond motifs is 1. The molecule has 154 valence electrons. The Morgan fingerprint density at radius 3 is 2.43 bits per heavy atom. The molecule has 1 saturated heterocycles. The minimum Gasteiger partial charge on any atom is -0.487 e. The molecular weight excluding hydrogens is 352 g/mol. The standard InChI is InChI=1S/C23H34N2O3/c1-5-17(6-2)22(27)25-13-11-23(12-14-25)16-18(15-21(26)24(3)4)19-9-7-8-10-20(19)28-23/h7-10,17-18H,5-6,11-16H2,1-4H3. The smallest absolute Gasteiger partial charge is 0.225 e. The molecule has 2 aliphatic rings. The van der Waals surface area contributed by atoms with Crippen LogP contribution in [0.2, 0.25) is 0 Å². The van der Waals surface area contributed by atoms with Gasteiger partial charge in [0.25, 0.3) is 0 Å². The second-order valence-electron chi connectivity index (χ2n) is 8.55. The summed E-state index contributed by atoms with van der Waals surface area (Å²) in [6, 6.07) is 8.12. The van der Waals surface area contributed by atoms with E-state index in [1.165, 1.54) is 0 Å². The lowest BCUT2D eigenvalue weighted by molar-refractivity contribution is -0.140. The molecule has 0 bridgehead atoms. The maximum atomic E-state index is 12.7. The highest BCUT2D eigenvalue weighted by molar-refractivity contribution is 5.79. The molecule has 5 nitrogen and oxygen atoms in total. The highest BCUT2D eigenvalue weighted by Crippen LogP contribution is 2.46. The van der Waals surface area contributed by atoms with Crippen molar-refractivity contribution in [3.63, 3.8) is 0 Å². The molecule has 0 N–H and O–H groups in total. The number of ether oxygens (including phenoxy) is 1. The van der Waals surface area contributed by atoms with Crippen molar-refractivity contribution < 1.29 is 14.3 Å². The lowest BCUT2D eigenvalue weighted by Crippen LogP contribution is -2.53. The van der Waals surface area contributed by atoms with Gasteiger partial charge in [0, 0.05) is 58.3 Å². The summed E-state index contributed by atoms with van der Waals surface area (Å²) in [7, 11) is 3.62. The van der Waals surface area contributed by atoms with E-state index < -0.39 is 0 Å². The van der Waals surface area contributed by atoms with Gasteiger partial charge in [-0.05, 0) is 30.9 Å². The maximum absolute atomic E-state index is 12.7. The fourth-order valence-corrected chi connectivity index (χ4v) is 4.66. The maximum Gasteiger partial charge on any atom is 0.225 e. The average Bonchev–Trinajstić information content (AvgIpc) is 2.69. The van der Waals surface area contributed by atoms with Gasteiger partial charge in [-0.3, -0.25) is 9.59 Å². The van der Waals surface area contributed by atoms with Crippen molar-refractivity contribution in [1.29, 1.82) is 0 Å². The number of carbonyl (C=O) groups excluding carboxylic acids is 2. The fraction of sp³-hybridized carbons (Fsp3) is 0.652. The molecule has 28 heavy (non-hydrogen) atoms. The van der Waals surface area contributed by atoms with Crippen molar-refractivity contribution in [1.82, 2.24) is 9.80 Å². The van der Waals surface area contributed by atoms with Gasteiger partial charge >= 0.3 is 0 Å². The Morgan fingerprint density at radius 2 is 1.82 bits per heavy atom. The van der Waals surface area contributed by atoms with Gasteiger partial charge < -0.3 is 14.5 Å². The van der Waals surface area contributed by atoms with Gasteiger partial charge in [0.05, 0.1) is 0 Å². The molecular formula is C23H34N2O3. The Hall–Kier alpha value is -2.04. The summed E-state index contributed by atoms with van der Waals surface area (Å²) in [6.45, 7) is 5.66. The monoisotopic (exact) mass is 386 g/mol. The number of hydrogen-bond acceptors (Lipinski definition) is 3. The second-order valence-corrected chi connectivity index (χ2v) is 8.55. The molecule has 1 aromatic carbocycles. The third kappa shape index (κ3) is 4.18. The number of nitrogens with zero attached hydrogens (tertiary/aromatic N) is 2. The van der Waals surface area contributed by atoms with Crippen LogP contribution in [0.3, 0.4) is 0 Å². The zero-order valence-corrected chi connectivity index (χ0v) is 17.7. The largest absolute Gasteiger partial charge is 0.487 e. The average molecular weight is 387 g/mol. The highest BCUT2D eigenvalue weighted by atomic mass is 16.5. The molecule has 2 heterocycles. The van der Waals surface area contributed by atoms with Crippen molar-refractivity contribution in [3.8, 4) is 5.75 Å². The predicted octanol–water partition coefficient (Wildman–Crippen LogP) is 3.83. The van der Waals surface area contributed by atoms with Gasteiger partial charge in [-0.1, -0.05) is 32.0 Å². The number of benzene rings is 1. The number of hydrogen-bond donors (Lipinski definition) is 0. The molecule has 5 heteroatoms. The summed E-state index contributed by atoms with van der Waals surface area (Å²) in [4.78, 5) is 28.8. The van der Waals surface area contributed by atoms with Crippen LogP contribution in [-0.4, -0.2) is 54.4 Å². The normalized spacial score (nSPS) is 20.6. The number of piperidine rings is 1. The molecule has 1 aromatic rings. The van der Waals surface area contributed by atoms with E-state index in [0.29, 0.717) is 6.42 Å². The van der Waals surface area contributed by atoms with E-state index in [4.69, 9.17) is 4.74 Å². The van der Waals surface area contributed by atoms with Crippen LogP contribution in [0.4, 0.5) is 0 Å². The first-order valence-electron chi connectivity index (χ1n) is 10.7. The lowest BCUT2D eigenvalue weighted by Gasteiger charge is -2.47. The molecule has 1 fully saturated rings. The van der Waals surface area contributed by atoms with E-state index in [1.54, 1.807) is 4.90 Å². The third-order valence-electron chi connectivity index (χ3n) is 6.54. The quantitative estimate of drug-likeness (QED) is 0.773. The fourth-order valence-electron chi connectivity index (χ4n) is 4.66. The van der Waals surface area contributed by atoms with Gasteiger partial charge in [-0.2, -0.15) is 0 Å². The van der Waals surface area contributed by atoms with Crippen molar-refractivity contribution >= 4 is 11.8 Å². The van der Waals surface area contributed by atoms with Crippen LogP contribution in [0.5, 0.6) is 5.75 Å². The van der Waals surface area contributed by atoms with Gasteiger partial charge in [0.1, 0.15) is 11.4 Å². The third-order valence-corrected chi connectivity index (χ3v) is 6.54. The summed E-state index contributed by atoms with van der Waals surface area (Å²) in [6.07, 6.45) is 4.81. The van der Waals surface area contributed by atoms with Crippen molar-refractivity contribution in [2.24, 2.45) is 5.92 Å². The first-order valence-corrected chi connectivity index (χ1v) is 10.7. The minimum absolute atomic E-state index is 0.132. The number of rotatable bonds is 5. The SMILES string of the molecule is CCC(CC)C(=O)N1CCC2(CC1)CC(CC(=O)N(C)C)c1ccccc1O2. The molecule has 0 aromatic heterocycles.